The highest BCUT2D eigenvalue weighted by atomic mass is 15.1. The average Bonchev–Trinajstić information content (AvgIpc) is 3.43. The molecular weight excluding hydrogens is 511 g/mol. The number of hydrogen-bond donors (Lipinski definition) is 0. The van der Waals surface area contributed by atoms with Gasteiger partial charge in [0, 0.05) is 5.56 Å². The van der Waals surface area contributed by atoms with Crippen LogP contribution < -0.4 is 43.7 Å². The molecule has 7 aromatic rings. The summed E-state index contributed by atoms with van der Waals surface area (Å²) in [4.78, 5) is 5.30. The van der Waals surface area contributed by atoms with Gasteiger partial charge in [0.25, 0.3) is 0 Å². The Morgan fingerprint density at radius 1 is 0.419 bits per heavy atom. The van der Waals surface area contributed by atoms with Gasteiger partial charge in [-0.25, -0.2) is 4.98 Å². The maximum Gasteiger partial charge on any atom is 0.145 e. The average molecular weight is 541 g/mol. The quantitative estimate of drug-likeness (QED) is 0.162. The fourth-order valence-electron chi connectivity index (χ4n) is 7.24. The first-order valence-corrected chi connectivity index (χ1v) is 15.3. The van der Waals surface area contributed by atoms with Crippen molar-refractivity contribution in [2.45, 2.75) is 0 Å². The summed E-state index contributed by atoms with van der Waals surface area (Å²) in [5, 5.41) is 5.32. The van der Waals surface area contributed by atoms with Gasteiger partial charge >= 0.3 is 0 Å². The van der Waals surface area contributed by atoms with Crippen LogP contribution in [0.15, 0.2) is 84.9 Å². The Morgan fingerprint density at radius 3 is 1.35 bits per heavy atom. The van der Waals surface area contributed by atoms with Crippen molar-refractivity contribution in [2.24, 2.45) is 0 Å². The number of para-hydroxylation sites is 2. The number of rotatable bonds is 3. The monoisotopic (exact) mass is 542 g/mol. The summed E-state index contributed by atoms with van der Waals surface area (Å²) in [7, 11) is 18.4. The van der Waals surface area contributed by atoms with Crippen LogP contribution in [-0.2, 0) is 0 Å². The largest absolute Gasteiger partial charge is 0.291 e. The molecule has 0 aliphatic rings. The fourth-order valence-corrected chi connectivity index (χ4v) is 7.24. The summed E-state index contributed by atoms with van der Waals surface area (Å²) >= 11 is 0. The third kappa shape index (κ3) is 3.95. The van der Waals surface area contributed by atoms with Crippen LogP contribution in [0.5, 0.6) is 0 Å². The van der Waals surface area contributed by atoms with Crippen LogP contribution in [0.25, 0.3) is 60.8 Å². The van der Waals surface area contributed by atoms with E-state index < -0.39 is 0 Å². The lowest BCUT2D eigenvalue weighted by Crippen LogP contribution is -2.50. The molecule has 2 nitrogen and oxygen atoms in total. The molecule has 0 aliphatic carbocycles. The first-order valence-electron chi connectivity index (χ1n) is 15.3. The van der Waals surface area contributed by atoms with Crippen molar-refractivity contribution in [3.05, 3.63) is 84.9 Å². The number of nitrogens with zero attached hydrogens (tertiary/aromatic N) is 2. The van der Waals surface area contributed by atoms with Crippen LogP contribution in [-0.4, -0.2) is 72.3 Å². The third-order valence-electron chi connectivity index (χ3n) is 10.2. The molecule has 0 fully saturated rings. The van der Waals surface area contributed by atoms with E-state index in [4.69, 9.17) is 4.98 Å². The van der Waals surface area contributed by atoms with Crippen LogP contribution in [0.2, 0.25) is 0 Å². The van der Waals surface area contributed by atoms with Crippen LogP contribution in [0.3, 0.4) is 0 Å². The first kappa shape index (κ1) is 27.6. The molecule has 0 amide bonds. The molecule has 0 spiro atoms. The van der Waals surface area contributed by atoms with Gasteiger partial charge in [-0.05, 0) is 44.8 Å². The van der Waals surface area contributed by atoms with Gasteiger partial charge in [-0.1, -0.05) is 94.6 Å². The third-order valence-corrected chi connectivity index (χ3v) is 10.2. The van der Waals surface area contributed by atoms with Crippen molar-refractivity contribution in [3.8, 4) is 28.2 Å². The maximum absolute atomic E-state index is 5.30. The van der Waals surface area contributed by atoms with Gasteiger partial charge in [0.1, 0.15) is 68.6 Å². The predicted molar refractivity (Wildman–Crippen MR) is 212 cm³/mol. The van der Waals surface area contributed by atoms with Crippen molar-refractivity contribution in [1.82, 2.24) is 9.55 Å². The van der Waals surface area contributed by atoms with Crippen LogP contribution in [0.4, 0.5) is 0 Å². The Balaban J connectivity index is 1.88. The molecule has 0 radical (unpaired) electrons. The number of imidazole rings is 1. The zero-order valence-electron chi connectivity index (χ0n) is 26.5. The Morgan fingerprint density at radius 2 is 0.837 bits per heavy atom. The van der Waals surface area contributed by atoms with Gasteiger partial charge in [-0.3, -0.25) is 4.57 Å². The highest BCUT2D eigenvalue weighted by Gasteiger charge is 2.27. The second kappa shape index (κ2) is 10.2. The van der Waals surface area contributed by atoms with Gasteiger partial charge < -0.3 is 0 Å². The van der Waals surface area contributed by atoms with Crippen LogP contribution >= 0.6 is 0 Å². The summed E-state index contributed by atoms with van der Waals surface area (Å²) in [6, 6.07) is 30.3. The SMILES string of the molecule is Bc1c(B)c(B)c2c(-n3c(-c4ccccc4)nc4ccccc43)c3c(B)c(B)c(B)c(B)c3c(-c3ccccc3)c2c1B. The zero-order valence-corrected chi connectivity index (χ0v) is 26.5. The van der Waals surface area contributed by atoms with Gasteiger partial charge in [0.15, 0.2) is 0 Å². The summed E-state index contributed by atoms with van der Waals surface area (Å²) in [6.45, 7) is 0. The molecule has 0 aliphatic heterocycles. The van der Waals surface area contributed by atoms with E-state index in [-0.39, 0.29) is 0 Å². The van der Waals surface area contributed by atoms with Crippen molar-refractivity contribution in [3.63, 3.8) is 0 Å². The van der Waals surface area contributed by atoms with Gasteiger partial charge in [0.2, 0.25) is 0 Å². The number of hydrogen-bond acceptors (Lipinski definition) is 1. The van der Waals surface area contributed by atoms with E-state index in [9.17, 15) is 0 Å². The summed E-state index contributed by atoms with van der Waals surface area (Å²) in [6.07, 6.45) is 0. The molecule has 0 N–H and O–H groups in total. The molecule has 43 heavy (non-hydrogen) atoms. The van der Waals surface area contributed by atoms with Crippen LogP contribution in [0.1, 0.15) is 0 Å². The molecule has 6 aromatic carbocycles. The molecule has 0 saturated carbocycles. The molecule has 0 bridgehead atoms. The second-order valence-corrected chi connectivity index (χ2v) is 12.2. The number of benzene rings is 6. The highest BCUT2D eigenvalue weighted by molar-refractivity contribution is 6.71. The summed E-state index contributed by atoms with van der Waals surface area (Å²) in [5.74, 6) is 0.974. The smallest absolute Gasteiger partial charge is 0.145 e. The van der Waals surface area contributed by atoms with Crippen molar-refractivity contribution in [1.29, 1.82) is 0 Å². The maximum atomic E-state index is 5.30. The van der Waals surface area contributed by atoms with E-state index >= 15 is 0 Å². The Kier molecular flexibility index (Phi) is 6.58. The zero-order chi connectivity index (χ0) is 30.2. The summed E-state index contributed by atoms with van der Waals surface area (Å²) < 4.78 is 2.46. The first-order chi connectivity index (χ1) is 20.7. The molecular formula is C33H30B8N2. The van der Waals surface area contributed by atoms with Crippen molar-refractivity contribution >= 4 is 139 Å². The highest BCUT2D eigenvalue weighted by Crippen LogP contribution is 2.40. The molecule has 0 saturated heterocycles. The Hall–Kier alpha value is -4.17. The molecule has 1 aromatic heterocycles. The summed E-state index contributed by atoms with van der Waals surface area (Å²) in [5.41, 5.74) is 17.9. The molecule has 7 rings (SSSR count). The van der Waals surface area contributed by atoms with E-state index in [0.717, 1.165) is 22.4 Å². The molecule has 10 heteroatoms. The molecule has 1 heterocycles. The van der Waals surface area contributed by atoms with Gasteiger partial charge in [0.05, 0.1) is 16.7 Å². The van der Waals surface area contributed by atoms with E-state index in [1.54, 1.807) is 0 Å². The van der Waals surface area contributed by atoms with E-state index in [0.29, 0.717) is 0 Å². The van der Waals surface area contributed by atoms with E-state index in [1.165, 1.54) is 82.1 Å². The normalized spacial score (nSPS) is 11.5. The lowest BCUT2D eigenvalue weighted by molar-refractivity contribution is 1.13. The second-order valence-electron chi connectivity index (χ2n) is 12.2. The Bertz CT molecular complexity index is 2180. The minimum absolute atomic E-state index is 0.974. The number of aromatic nitrogens is 2. The molecule has 0 atom stereocenters. The standard InChI is InChI=1S/C33H30B8N2/c34-24-20-19(15-9-3-1-4-10-15)21-23(27(37)31(41)29(39)25(21)35)32(22(20)26(36)30(40)28(24)38)43-18-14-8-7-13-17(18)42-33(43)16-11-5-2-6-12-16/h1-14H,34-41H2. The predicted octanol–water partition coefficient (Wildman–Crippen LogP) is -5.27. The lowest BCUT2D eigenvalue weighted by Gasteiger charge is -2.28. The van der Waals surface area contributed by atoms with Crippen molar-refractivity contribution < 1.29 is 0 Å². The van der Waals surface area contributed by atoms with Crippen molar-refractivity contribution in [2.75, 3.05) is 0 Å². The Labute approximate surface area is 261 Å². The van der Waals surface area contributed by atoms with Crippen LogP contribution in [0, 0.1) is 0 Å². The molecule has 196 valence electrons. The van der Waals surface area contributed by atoms with Gasteiger partial charge in [-0.2, -0.15) is 0 Å². The minimum Gasteiger partial charge on any atom is -0.291 e. The van der Waals surface area contributed by atoms with E-state index in [1.807, 2.05) is 0 Å². The molecule has 0 unspecified atom stereocenters. The fraction of sp³-hybridized carbons (Fsp3) is 0. The van der Waals surface area contributed by atoms with Gasteiger partial charge in [-0.15, -0.1) is 21.9 Å². The lowest BCUT2D eigenvalue weighted by atomic mass is 9.60. The topological polar surface area (TPSA) is 17.8 Å². The number of fused-ring (bicyclic) bond motifs is 3. The minimum atomic E-state index is 0.974. The van der Waals surface area contributed by atoms with E-state index in [2.05, 4.69) is 152 Å².